The predicted octanol–water partition coefficient (Wildman–Crippen LogP) is 6.12. The van der Waals surface area contributed by atoms with E-state index in [-0.39, 0.29) is 23.3 Å². The van der Waals surface area contributed by atoms with Crippen LogP contribution in [0.1, 0.15) is 67.9 Å². The molecule has 1 aromatic heterocycles. The summed E-state index contributed by atoms with van der Waals surface area (Å²) in [5.74, 6) is -1.13. The van der Waals surface area contributed by atoms with Gasteiger partial charge in [0.25, 0.3) is 5.91 Å². The number of hydrogen-bond acceptors (Lipinski definition) is 2. The Morgan fingerprint density at radius 3 is 2.30 bits per heavy atom. The first-order valence-electron chi connectivity index (χ1n) is 11.5. The van der Waals surface area contributed by atoms with Crippen LogP contribution in [0.25, 0.3) is 10.9 Å². The molecule has 1 aliphatic carbocycles. The number of nitrogens with one attached hydrogen (secondary N) is 1. The standard InChI is InChI=1S/C27H31BrN2O3/c1-27(2,3)19-8-4-17(5-9-19)16-30-15-14-21-23(28)13-12-22(24(21)30)25(31)29-20-10-6-18(7-11-20)26(32)33/h4-5,8-9,12-15,18,20H,6-7,10-11,16H2,1-3H3,(H,29,31)(H,32,33). The first-order chi connectivity index (χ1) is 15.6. The number of carbonyl (C=O) groups is 2. The molecular formula is C27H31BrN2O3. The van der Waals surface area contributed by atoms with Crippen molar-refractivity contribution in [3.63, 3.8) is 0 Å². The zero-order valence-corrected chi connectivity index (χ0v) is 21.0. The molecule has 2 aromatic carbocycles. The summed E-state index contributed by atoms with van der Waals surface area (Å²) in [5, 5.41) is 13.4. The molecule has 33 heavy (non-hydrogen) atoms. The quantitative estimate of drug-likeness (QED) is 0.434. The average molecular weight is 511 g/mol. The second-order valence-corrected chi connectivity index (χ2v) is 11.0. The van der Waals surface area contributed by atoms with Gasteiger partial charge in [0.15, 0.2) is 0 Å². The molecule has 2 N–H and O–H groups in total. The van der Waals surface area contributed by atoms with Crippen molar-refractivity contribution in [2.75, 3.05) is 0 Å². The minimum Gasteiger partial charge on any atom is -0.481 e. The monoisotopic (exact) mass is 510 g/mol. The van der Waals surface area contributed by atoms with Crippen LogP contribution in [-0.4, -0.2) is 27.6 Å². The molecule has 0 bridgehead atoms. The maximum absolute atomic E-state index is 13.3. The van der Waals surface area contributed by atoms with Crippen LogP contribution in [0.2, 0.25) is 0 Å². The molecule has 3 aromatic rings. The molecule has 1 amide bonds. The van der Waals surface area contributed by atoms with Gasteiger partial charge >= 0.3 is 5.97 Å². The van der Waals surface area contributed by atoms with E-state index in [1.165, 1.54) is 11.1 Å². The van der Waals surface area contributed by atoms with E-state index in [1.54, 1.807) is 0 Å². The van der Waals surface area contributed by atoms with Crippen LogP contribution in [0.5, 0.6) is 0 Å². The minimum absolute atomic E-state index is 0.0140. The van der Waals surface area contributed by atoms with Gasteiger partial charge in [-0.1, -0.05) is 61.0 Å². The maximum Gasteiger partial charge on any atom is 0.306 e. The number of aliphatic carboxylic acids is 1. The van der Waals surface area contributed by atoms with E-state index < -0.39 is 5.97 Å². The highest BCUT2D eigenvalue weighted by molar-refractivity contribution is 9.10. The van der Waals surface area contributed by atoms with E-state index in [2.05, 4.69) is 70.9 Å². The second-order valence-electron chi connectivity index (χ2n) is 10.1. The topological polar surface area (TPSA) is 71.3 Å². The lowest BCUT2D eigenvalue weighted by atomic mass is 9.86. The average Bonchev–Trinajstić information content (AvgIpc) is 3.18. The summed E-state index contributed by atoms with van der Waals surface area (Å²) >= 11 is 3.63. The Morgan fingerprint density at radius 1 is 1.03 bits per heavy atom. The molecule has 1 saturated carbocycles. The van der Waals surface area contributed by atoms with Crippen molar-refractivity contribution in [2.24, 2.45) is 5.92 Å². The number of benzene rings is 2. The van der Waals surface area contributed by atoms with E-state index in [9.17, 15) is 14.7 Å². The van der Waals surface area contributed by atoms with Crippen molar-refractivity contribution in [3.05, 3.63) is 69.8 Å². The number of halogens is 1. The molecule has 6 heteroatoms. The van der Waals surface area contributed by atoms with Gasteiger partial charge < -0.3 is 15.0 Å². The zero-order chi connectivity index (χ0) is 23.8. The van der Waals surface area contributed by atoms with E-state index in [1.807, 2.05) is 24.4 Å². The number of amides is 1. The minimum atomic E-state index is -0.734. The lowest BCUT2D eigenvalue weighted by Crippen LogP contribution is -2.38. The third-order valence-corrected chi connectivity index (χ3v) is 7.39. The third kappa shape index (κ3) is 5.16. The van der Waals surface area contributed by atoms with Crippen LogP contribution in [0.3, 0.4) is 0 Å². The Morgan fingerprint density at radius 2 is 1.70 bits per heavy atom. The highest BCUT2D eigenvalue weighted by Crippen LogP contribution is 2.30. The number of carboxylic acids is 1. The first-order valence-corrected chi connectivity index (χ1v) is 12.3. The molecule has 0 atom stereocenters. The Labute approximate surface area is 203 Å². The smallest absolute Gasteiger partial charge is 0.306 e. The molecule has 0 aliphatic heterocycles. The molecule has 0 spiro atoms. The number of carbonyl (C=O) groups excluding carboxylic acids is 1. The van der Waals surface area contributed by atoms with Crippen molar-refractivity contribution in [1.29, 1.82) is 0 Å². The Kier molecular flexibility index (Phi) is 6.66. The second kappa shape index (κ2) is 9.34. The van der Waals surface area contributed by atoms with Gasteiger partial charge in [-0.15, -0.1) is 0 Å². The van der Waals surface area contributed by atoms with Crippen LogP contribution in [0.15, 0.2) is 53.1 Å². The fourth-order valence-electron chi connectivity index (χ4n) is 4.66. The van der Waals surface area contributed by atoms with Crippen LogP contribution in [0.4, 0.5) is 0 Å². The zero-order valence-electron chi connectivity index (χ0n) is 19.4. The van der Waals surface area contributed by atoms with Gasteiger partial charge in [-0.2, -0.15) is 0 Å². The van der Waals surface area contributed by atoms with Crippen molar-refractivity contribution in [3.8, 4) is 0 Å². The molecule has 174 valence electrons. The molecule has 5 nitrogen and oxygen atoms in total. The van der Waals surface area contributed by atoms with Gasteiger partial charge in [0.1, 0.15) is 0 Å². The summed E-state index contributed by atoms with van der Waals surface area (Å²) in [5.41, 5.74) is 4.13. The van der Waals surface area contributed by atoms with E-state index in [4.69, 9.17) is 0 Å². The summed E-state index contributed by atoms with van der Waals surface area (Å²) in [4.78, 5) is 24.5. The maximum atomic E-state index is 13.3. The SMILES string of the molecule is CC(C)(C)c1ccc(Cn2ccc3c(Br)ccc(C(=O)NC4CCC(C(=O)O)CC4)c32)cc1. The highest BCUT2D eigenvalue weighted by Gasteiger charge is 2.27. The largest absolute Gasteiger partial charge is 0.481 e. The first kappa shape index (κ1) is 23.6. The van der Waals surface area contributed by atoms with Crippen LogP contribution in [0, 0.1) is 5.92 Å². The number of carboxylic acid groups (broad SMARTS) is 1. The molecule has 0 unspecified atom stereocenters. The number of fused-ring (bicyclic) bond motifs is 1. The molecule has 4 rings (SSSR count). The summed E-state index contributed by atoms with van der Waals surface area (Å²) in [6.07, 6.45) is 4.64. The van der Waals surface area contributed by atoms with Crippen molar-refractivity contribution in [1.82, 2.24) is 9.88 Å². The van der Waals surface area contributed by atoms with E-state index in [0.29, 0.717) is 37.8 Å². The van der Waals surface area contributed by atoms with Gasteiger partial charge in [0, 0.05) is 28.6 Å². The van der Waals surface area contributed by atoms with Crippen molar-refractivity contribution < 1.29 is 14.7 Å². The molecule has 1 fully saturated rings. The van der Waals surface area contributed by atoms with Crippen LogP contribution < -0.4 is 5.32 Å². The van der Waals surface area contributed by atoms with Gasteiger partial charge in [-0.05, 0) is 60.4 Å². The molecule has 0 saturated heterocycles. The van der Waals surface area contributed by atoms with Crippen LogP contribution in [-0.2, 0) is 16.8 Å². The van der Waals surface area contributed by atoms with Gasteiger partial charge in [-0.3, -0.25) is 9.59 Å². The van der Waals surface area contributed by atoms with E-state index in [0.717, 1.165) is 15.4 Å². The molecule has 0 radical (unpaired) electrons. The normalized spacial score (nSPS) is 18.9. The van der Waals surface area contributed by atoms with Crippen molar-refractivity contribution in [2.45, 2.75) is 64.5 Å². The lowest BCUT2D eigenvalue weighted by molar-refractivity contribution is -0.142. The Hall–Kier alpha value is -2.60. The number of aromatic nitrogens is 1. The summed E-state index contributed by atoms with van der Waals surface area (Å²) in [6.45, 7) is 7.29. The summed E-state index contributed by atoms with van der Waals surface area (Å²) < 4.78 is 3.08. The summed E-state index contributed by atoms with van der Waals surface area (Å²) in [7, 11) is 0. The lowest BCUT2D eigenvalue weighted by Gasteiger charge is -2.27. The van der Waals surface area contributed by atoms with Gasteiger partial charge in [0.2, 0.25) is 0 Å². The van der Waals surface area contributed by atoms with Gasteiger partial charge in [0.05, 0.1) is 17.0 Å². The van der Waals surface area contributed by atoms with Gasteiger partial charge in [-0.25, -0.2) is 0 Å². The fraction of sp³-hybridized carbons (Fsp3) is 0.407. The molecular weight excluding hydrogens is 480 g/mol. The van der Waals surface area contributed by atoms with E-state index >= 15 is 0 Å². The fourth-order valence-corrected chi connectivity index (χ4v) is 5.11. The number of hydrogen-bond donors (Lipinski definition) is 2. The molecule has 1 aliphatic rings. The Bertz CT molecular complexity index is 1170. The number of nitrogens with zero attached hydrogens (tertiary/aromatic N) is 1. The van der Waals surface area contributed by atoms with Crippen LogP contribution >= 0.6 is 15.9 Å². The third-order valence-electron chi connectivity index (χ3n) is 6.70. The predicted molar refractivity (Wildman–Crippen MR) is 135 cm³/mol. The van der Waals surface area contributed by atoms with Crippen molar-refractivity contribution >= 4 is 38.7 Å². The highest BCUT2D eigenvalue weighted by atomic mass is 79.9. The number of rotatable bonds is 5. The summed E-state index contributed by atoms with van der Waals surface area (Å²) in [6, 6.07) is 14.5. The Balaban J connectivity index is 1.57. The molecule has 1 heterocycles.